The number of rotatable bonds is 2. The lowest BCUT2D eigenvalue weighted by Gasteiger charge is -2.08. The summed E-state index contributed by atoms with van der Waals surface area (Å²) in [5, 5.41) is -0.206. The molecule has 4 N–H and O–H groups in total. The molecule has 0 saturated carbocycles. The lowest BCUT2D eigenvalue weighted by Crippen LogP contribution is -2.17. The number of aromatic nitrogens is 1. The van der Waals surface area contributed by atoms with Gasteiger partial charge in [0.05, 0.1) is 5.56 Å². The molecule has 0 atom stereocenters. The van der Waals surface area contributed by atoms with Crippen molar-refractivity contribution >= 4 is 23.3 Å². The van der Waals surface area contributed by atoms with Crippen LogP contribution in [0.25, 0.3) is 0 Å². The quantitative estimate of drug-likeness (QED) is 0.740. The maximum Gasteiger partial charge on any atom is 0.264 e. The summed E-state index contributed by atoms with van der Waals surface area (Å²) in [6, 6.07) is 0.864. The average Bonchev–Trinajstić information content (AvgIpc) is 2.01. The molecule has 76 valence electrons. The molecule has 0 aliphatic heterocycles. The summed E-state index contributed by atoms with van der Waals surface area (Å²) in [5.41, 5.74) is 9.02. The number of nitrogen functional groups attached to an aromatic ring is 1. The van der Waals surface area contributed by atoms with Crippen molar-refractivity contribution in [1.82, 2.24) is 4.98 Å². The van der Waals surface area contributed by atoms with Gasteiger partial charge in [-0.3, -0.25) is 4.79 Å². The molecule has 0 fully saturated rings. The minimum Gasteiger partial charge on any atom is -0.383 e. The molecule has 4 nitrogen and oxygen atoms in total. The van der Waals surface area contributed by atoms with Crippen LogP contribution in [-0.2, 0) is 0 Å². The van der Waals surface area contributed by atoms with E-state index in [9.17, 15) is 13.6 Å². The second kappa shape index (κ2) is 3.75. The number of hydrogen-bond donors (Lipinski definition) is 2. The summed E-state index contributed by atoms with van der Waals surface area (Å²) >= 11 is 5.39. The molecule has 0 radical (unpaired) electrons. The van der Waals surface area contributed by atoms with Crippen molar-refractivity contribution < 1.29 is 13.6 Å². The molecule has 0 unspecified atom stereocenters. The van der Waals surface area contributed by atoms with Gasteiger partial charge < -0.3 is 11.5 Å². The van der Waals surface area contributed by atoms with Crippen LogP contribution >= 0.6 is 11.6 Å². The molecule has 0 aromatic carbocycles. The van der Waals surface area contributed by atoms with E-state index >= 15 is 0 Å². The number of pyridine rings is 1. The van der Waals surface area contributed by atoms with Crippen LogP contribution in [0.4, 0.5) is 14.6 Å². The number of halogens is 3. The molecule has 1 rings (SSSR count). The van der Waals surface area contributed by atoms with Crippen LogP contribution < -0.4 is 11.5 Å². The summed E-state index contributed by atoms with van der Waals surface area (Å²) < 4.78 is 24.8. The third-order valence-corrected chi connectivity index (χ3v) is 1.72. The van der Waals surface area contributed by atoms with Gasteiger partial charge in [0.15, 0.2) is 0 Å². The van der Waals surface area contributed by atoms with E-state index in [1.807, 2.05) is 0 Å². The Kier molecular flexibility index (Phi) is 2.85. The summed E-state index contributed by atoms with van der Waals surface area (Å²) in [5.74, 6) is -1.44. The van der Waals surface area contributed by atoms with Gasteiger partial charge in [-0.1, -0.05) is 11.6 Å². The average molecular weight is 222 g/mol. The Hall–Kier alpha value is -1.43. The van der Waals surface area contributed by atoms with Gasteiger partial charge in [0, 0.05) is 5.56 Å². The Morgan fingerprint density at radius 3 is 2.57 bits per heavy atom. The molecule has 1 aromatic heterocycles. The second-order valence-corrected chi connectivity index (χ2v) is 2.85. The van der Waals surface area contributed by atoms with Gasteiger partial charge in [-0.2, -0.15) is 0 Å². The Bertz CT molecular complexity index is 383. The number of nitrogens with zero attached hydrogens (tertiary/aromatic N) is 1. The zero-order valence-electron chi connectivity index (χ0n) is 6.80. The van der Waals surface area contributed by atoms with E-state index in [1.165, 1.54) is 0 Å². The fourth-order valence-electron chi connectivity index (χ4n) is 0.992. The first-order chi connectivity index (χ1) is 6.43. The van der Waals surface area contributed by atoms with Crippen LogP contribution in [-0.4, -0.2) is 10.9 Å². The zero-order valence-corrected chi connectivity index (χ0v) is 7.55. The zero-order chi connectivity index (χ0) is 10.9. The van der Waals surface area contributed by atoms with E-state index < -0.39 is 23.5 Å². The molecule has 0 bridgehead atoms. The van der Waals surface area contributed by atoms with Crippen molar-refractivity contribution in [2.24, 2.45) is 5.73 Å². The van der Waals surface area contributed by atoms with E-state index in [-0.39, 0.29) is 11.0 Å². The van der Waals surface area contributed by atoms with Gasteiger partial charge in [0.2, 0.25) is 0 Å². The summed E-state index contributed by atoms with van der Waals surface area (Å²) in [6.45, 7) is 0. The molecule has 0 spiro atoms. The first-order valence-electron chi connectivity index (χ1n) is 3.47. The van der Waals surface area contributed by atoms with Crippen LogP contribution in [0.3, 0.4) is 0 Å². The second-order valence-electron chi connectivity index (χ2n) is 2.46. The molecule has 7 heteroatoms. The van der Waals surface area contributed by atoms with E-state index in [0.717, 1.165) is 6.07 Å². The highest BCUT2D eigenvalue weighted by Crippen LogP contribution is 2.27. The number of nitrogens with two attached hydrogens (primary N) is 2. The van der Waals surface area contributed by atoms with Crippen molar-refractivity contribution in [3.05, 3.63) is 22.3 Å². The van der Waals surface area contributed by atoms with Crippen LogP contribution in [0.5, 0.6) is 0 Å². The van der Waals surface area contributed by atoms with Crippen LogP contribution in [0.1, 0.15) is 22.3 Å². The van der Waals surface area contributed by atoms with Gasteiger partial charge in [-0.05, 0) is 6.07 Å². The molecule has 0 aliphatic carbocycles. The highest BCUT2D eigenvalue weighted by atomic mass is 35.5. The van der Waals surface area contributed by atoms with Gasteiger partial charge in [-0.25, -0.2) is 13.8 Å². The SMILES string of the molecule is NC(=O)c1c(C(F)F)cc(Cl)nc1N. The smallest absolute Gasteiger partial charge is 0.264 e. The van der Waals surface area contributed by atoms with Gasteiger partial charge >= 0.3 is 0 Å². The summed E-state index contributed by atoms with van der Waals surface area (Å²) in [6.07, 6.45) is -2.87. The third-order valence-electron chi connectivity index (χ3n) is 1.53. The lowest BCUT2D eigenvalue weighted by molar-refractivity contribution is 0.0987. The van der Waals surface area contributed by atoms with Gasteiger partial charge in [-0.15, -0.1) is 0 Å². The van der Waals surface area contributed by atoms with Crippen molar-refractivity contribution in [3.63, 3.8) is 0 Å². The van der Waals surface area contributed by atoms with E-state index in [1.54, 1.807) is 0 Å². The monoisotopic (exact) mass is 221 g/mol. The van der Waals surface area contributed by atoms with Crippen LogP contribution in [0.15, 0.2) is 6.07 Å². The highest BCUT2D eigenvalue weighted by Gasteiger charge is 2.21. The predicted octanol–water partition coefficient (Wildman–Crippen LogP) is 1.35. The number of amides is 1. The minimum atomic E-state index is -2.87. The molecule has 0 saturated heterocycles. The number of alkyl halides is 2. The molecule has 14 heavy (non-hydrogen) atoms. The Morgan fingerprint density at radius 2 is 2.14 bits per heavy atom. The topological polar surface area (TPSA) is 82.0 Å². The van der Waals surface area contributed by atoms with Crippen LogP contribution in [0, 0.1) is 0 Å². The number of primary amides is 1. The molecule has 1 amide bonds. The molecule has 0 aliphatic rings. The largest absolute Gasteiger partial charge is 0.383 e. The standard InChI is InChI=1S/C7H6ClF2N3O/c8-3-1-2(5(9)10)4(7(12)14)6(11)13-3/h1,5H,(H2,11,13)(H2,12,14). The highest BCUT2D eigenvalue weighted by molar-refractivity contribution is 6.29. The normalized spacial score (nSPS) is 10.6. The summed E-state index contributed by atoms with van der Waals surface area (Å²) in [4.78, 5) is 14.2. The molecule has 1 aromatic rings. The number of anilines is 1. The maximum atomic E-state index is 12.4. The lowest BCUT2D eigenvalue weighted by atomic mass is 10.1. The molecule has 1 heterocycles. The third kappa shape index (κ3) is 1.90. The van der Waals surface area contributed by atoms with Crippen molar-refractivity contribution in [2.75, 3.05) is 5.73 Å². The fourth-order valence-corrected chi connectivity index (χ4v) is 1.20. The van der Waals surface area contributed by atoms with E-state index in [4.69, 9.17) is 23.1 Å². The van der Waals surface area contributed by atoms with E-state index in [0.29, 0.717) is 0 Å². The Labute approximate surface area is 82.9 Å². The Balaban J connectivity index is 3.44. The van der Waals surface area contributed by atoms with Crippen molar-refractivity contribution in [2.45, 2.75) is 6.43 Å². The molecular weight excluding hydrogens is 216 g/mol. The van der Waals surface area contributed by atoms with Gasteiger partial charge in [0.1, 0.15) is 11.0 Å². The molecular formula is C7H6ClF2N3O. The first kappa shape index (κ1) is 10.6. The minimum absolute atomic E-state index is 0.206. The number of carbonyl (C=O) groups is 1. The predicted molar refractivity (Wildman–Crippen MR) is 47.1 cm³/mol. The van der Waals surface area contributed by atoms with Crippen molar-refractivity contribution in [3.8, 4) is 0 Å². The number of carbonyl (C=O) groups excluding carboxylic acids is 1. The Morgan fingerprint density at radius 1 is 1.57 bits per heavy atom. The van der Waals surface area contributed by atoms with Gasteiger partial charge in [0.25, 0.3) is 12.3 Å². The van der Waals surface area contributed by atoms with Crippen molar-refractivity contribution in [1.29, 1.82) is 0 Å². The summed E-state index contributed by atoms with van der Waals surface area (Å²) in [7, 11) is 0. The number of hydrogen-bond acceptors (Lipinski definition) is 3. The van der Waals surface area contributed by atoms with E-state index in [2.05, 4.69) is 4.98 Å². The maximum absolute atomic E-state index is 12.4. The first-order valence-corrected chi connectivity index (χ1v) is 3.85. The fraction of sp³-hybridized carbons (Fsp3) is 0.143. The van der Waals surface area contributed by atoms with Crippen LogP contribution in [0.2, 0.25) is 5.15 Å².